The van der Waals surface area contributed by atoms with Gasteiger partial charge in [0.15, 0.2) is 0 Å². The Balaban J connectivity index is 3.30. The Morgan fingerprint density at radius 1 is 1.18 bits per heavy atom. The van der Waals surface area contributed by atoms with Crippen LogP contribution < -0.4 is 0 Å². The van der Waals surface area contributed by atoms with Crippen molar-refractivity contribution in [1.82, 2.24) is 0 Å². The lowest BCUT2D eigenvalue weighted by Crippen LogP contribution is -2.34. The Morgan fingerprint density at radius 3 is 2.12 bits per heavy atom. The molecule has 0 bridgehead atoms. The van der Waals surface area contributed by atoms with Crippen LogP contribution in [0.1, 0.15) is 12.5 Å². The molecule has 1 atom stereocenters. The summed E-state index contributed by atoms with van der Waals surface area (Å²) in [7, 11) is 0. The van der Waals surface area contributed by atoms with E-state index in [4.69, 9.17) is 10.2 Å². The fraction of sp³-hybridized carbons (Fsp3) is 0.167. The number of hydrogen-bond donors (Lipinski definition) is 3. The van der Waals surface area contributed by atoms with E-state index in [0.29, 0.717) is 0 Å². The van der Waals surface area contributed by atoms with Gasteiger partial charge in [-0.1, -0.05) is 30.3 Å². The summed E-state index contributed by atoms with van der Waals surface area (Å²) in [5.41, 5.74) is -2.46. The van der Waals surface area contributed by atoms with Gasteiger partial charge in [-0.25, -0.2) is 9.59 Å². The molecule has 90 valence electrons. The first-order valence-corrected chi connectivity index (χ1v) is 4.82. The molecule has 5 nitrogen and oxygen atoms in total. The van der Waals surface area contributed by atoms with Crippen molar-refractivity contribution in [2.45, 2.75) is 12.5 Å². The lowest BCUT2D eigenvalue weighted by atomic mass is 9.92. The minimum Gasteiger partial charge on any atom is -0.479 e. The van der Waals surface area contributed by atoms with E-state index in [1.165, 1.54) is 19.1 Å². The van der Waals surface area contributed by atoms with Gasteiger partial charge in [0.05, 0.1) is 0 Å². The maximum atomic E-state index is 11.1. The molecule has 0 aliphatic heterocycles. The van der Waals surface area contributed by atoms with Gasteiger partial charge in [-0.05, 0) is 18.6 Å². The Hall–Kier alpha value is -2.14. The molecule has 0 saturated heterocycles. The van der Waals surface area contributed by atoms with Gasteiger partial charge in [-0.2, -0.15) is 0 Å². The van der Waals surface area contributed by atoms with Crippen molar-refractivity contribution in [3.05, 3.63) is 47.5 Å². The summed E-state index contributed by atoms with van der Waals surface area (Å²) in [6.45, 7) is 1.22. The second kappa shape index (κ2) is 4.80. The van der Waals surface area contributed by atoms with Crippen LogP contribution in [-0.4, -0.2) is 27.3 Å². The van der Waals surface area contributed by atoms with Gasteiger partial charge in [0, 0.05) is 5.57 Å². The Morgan fingerprint density at radius 2 is 1.71 bits per heavy atom. The van der Waals surface area contributed by atoms with Crippen LogP contribution in [0.15, 0.2) is 42.0 Å². The highest BCUT2D eigenvalue weighted by Gasteiger charge is 2.36. The van der Waals surface area contributed by atoms with Crippen LogP contribution in [0.2, 0.25) is 0 Å². The number of carboxylic acids is 2. The van der Waals surface area contributed by atoms with Crippen LogP contribution >= 0.6 is 0 Å². The zero-order valence-corrected chi connectivity index (χ0v) is 9.12. The van der Waals surface area contributed by atoms with Crippen molar-refractivity contribution in [1.29, 1.82) is 0 Å². The van der Waals surface area contributed by atoms with Gasteiger partial charge in [-0.3, -0.25) is 0 Å². The molecule has 3 N–H and O–H groups in total. The van der Waals surface area contributed by atoms with E-state index in [9.17, 15) is 14.7 Å². The Kier molecular flexibility index (Phi) is 3.65. The van der Waals surface area contributed by atoms with Gasteiger partial charge < -0.3 is 15.3 Å². The van der Waals surface area contributed by atoms with E-state index in [0.717, 1.165) is 6.08 Å². The smallest absolute Gasteiger partial charge is 0.344 e. The fourth-order valence-corrected chi connectivity index (χ4v) is 1.34. The molecule has 0 aliphatic carbocycles. The Bertz CT molecular complexity index is 463. The number of aliphatic hydroxyl groups is 1. The highest BCUT2D eigenvalue weighted by Crippen LogP contribution is 2.24. The number of aliphatic carboxylic acids is 2. The first-order chi connectivity index (χ1) is 7.88. The molecule has 1 rings (SSSR count). The van der Waals surface area contributed by atoms with E-state index in [1.54, 1.807) is 18.2 Å². The maximum Gasteiger partial charge on any atom is 0.344 e. The van der Waals surface area contributed by atoms with Gasteiger partial charge in [-0.15, -0.1) is 0 Å². The summed E-state index contributed by atoms with van der Waals surface area (Å²) < 4.78 is 0. The van der Waals surface area contributed by atoms with Gasteiger partial charge in [0.1, 0.15) is 0 Å². The molecule has 0 saturated carbocycles. The number of carboxylic acid groups (broad SMARTS) is 2. The second-order valence-electron chi connectivity index (χ2n) is 3.57. The standard InChI is InChI=1S/C12H12O5/c1-8(10(13)14)7-12(17,11(15)16)9-5-3-2-4-6-9/h2-7,17H,1H3,(H,13,14)(H,15,16). The van der Waals surface area contributed by atoms with Crippen molar-refractivity contribution < 1.29 is 24.9 Å². The summed E-state index contributed by atoms with van der Waals surface area (Å²) in [4.78, 5) is 21.8. The molecule has 0 radical (unpaired) electrons. The first kappa shape index (κ1) is 12.9. The monoisotopic (exact) mass is 236 g/mol. The minimum absolute atomic E-state index is 0.105. The molecule has 1 aromatic rings. The van der Waals surface area contributed by atoms with Gasteiger partial charge in [0.2, 0.25) is 5.60 Å². The molecule has 0 amide bonds. The van der Waals surface area contributed by atoms with Crippen molar-refractivity contribution in [3.63, 3.8) is 0 Å². The molecule has 0 spiro atoms. The third-order valence-corrected chi connectivity index (χ3v) is 2.30. The summed E-state index contributed by atoms with van der Waals surface area (Å²) in [5, 5.41) is 27.8. The lowest BCUT2D eigenvalue weighted by Gasteiger charge is -2.20. The fourth-order valence-electron chi connectivity index (χ4n) is 1.34. The normalized spacial score (nSPS) is 15.1. The van der Waals surface area contributed by atoms with Crippen molar-refractivity contribution in [3.8, 4) is 0 Å². The van der Waals surface area contributed by atoms with Gasteiger partial charge >= 0.3 is 11.9 Å². The van der Waals surface area contributed by atoms with Crippen LogP contribution in [0, 0.1) is 0 Å². The number of hydrogen-bond acceptors (Lipinski definition) is 3. The average Bonchev–Trinajstić information content (AvgIpc) is 2.29. The largest absolute Gasteiger partial charge is 0.479 e. The summed E-state index contributed by atoms with van der Waals surface area (Å²) in [6.07, 6.45) is 0.812. The molecule has 1 aromatic carbocycles. The predicted octanol–water partition coefficient (Wildman–Crippen LogP) is 0.990. The first-order valence-electron chi connectivity index (χ1n) is 4.82. The van der Waals surface area contributed by atoms with Crippen LogP contribution in [0.4, 0.5) is 0 Å². The number of benzene rings is 1. The third kappa shape index (κ3) is 2.70. The van der Waals surface area contributed by atoms with Crippen molar-refractivity contribution in [2.24, 2.45) is 0 Å². The topological polar surface area (TPSA) is 94.8 Å². The second-order valence-corrected chi connectivity index (χ2v) is 3.57. The molecule has 0 aliphatic rings. The van der Waals surface area contributed by atoms with Crippen LogP contribution in [-0.2, 0) is 15.2 Å². The highest BCUT2D eigenvalue weighted by molar-refractivity contribution is 5.89. The van der Waals surface area contributed by atoms with E-state index in [-0.39, 0.29) is 11.1 Å². The van der Waals surface area contributed by atoms with E-state index >= 15 is 0 Å². The molecule has 0 fully saturated rings. The quantitative estimate of drug-likeness (QED) is 0.677. The van der Waals surface area contributed by atoms with Crippen molar-refractivity contribution in [2.75, 3.05) is 0 Å². The van der Waals surface area contributed by atoms with Crippen LogP contribution in [0.5, 0.6) is 0 Å². The lowest BCUT2D eigenvalue weighted by molar-refractivity contribution is -0.154. The third-order valence-electron chi connectivity index (χ3n) is 2.30. The maximum absolute atomic E-state index is 11.1. The zero-order chi connectivity index (χ0) is 13.1. The molecule has 5 heteroatoms. The van der Waals surface area contributed by atoms with E-state index < -0.39 is 17.5 Å². The van der Waals surface area contributed by atoms with E-state index in [2.05, 4.69) is 0 Å². The number of carbonyl (C=O) groups is 2. The summed E-state index contributed by atoms with van der Waals surface area (Å²) >= 11 is 0. The highest BCUT2D eigenvalue weighted by atomic mass is 16.4. The molecule has 17 heavy (non-hydrogen) atoms. The summed E-state index contributed by atoms with van der Waals surface area (Å²) in [6, 6.07) is 7.62. The molecule has 0 aromatic heterocycles. The molecule has 1 unspecified atom stereocenters. The zero-order valence-electron chi connectivity index (χ0n) is 9.12. The van der Waals surface area contributed by atoms with E-state index in [1.807, 2.05) is 0 Å². The minimum atomic E-state index is -2.33. The SMILES string of the molecule is CC(=CC(O)(C(=O)O)c1ccccc1)C(=O)O. The molecular weight excluding hydrogens is 224 g/mol. The average molecular weight is 236 g/mol. The van der Waals surface area contributed by atoms with Crippen molar-refractivity contribution >= 4 is 11.9 Å². The molecule has 0 heterocycles. The molecular formula is C12H12O5. The van der Waals surface area contributed by atoms with Crippen LogP contribution in [0.25, 0.3) is 0 Å². The Labute approximate surface area is 97.6 Å². The summed E-state index contributed by atoms with van der Waals surface area (Å²) in [5.74, 6) is -2.80. The van der Waals surface area contributed by atoms with Gasteiger partial charge in [0.25, 0.3) is 0 Å². The van der Waals surface area contributed by atoms with Crippen LogP contribution in [0.3, 0.4) is 0 Å². The predicted molar refractivity (Wildman–Crippen MR) is 59.4 cm³/mol. The number of rotatable bonds is 4.